The lowest BCUT2D eigenvalue weighted by Crippen LogP contribution is -2.48. The van der Waals surface area contributed by atoms with Gasteiger partial charge in [0.15, 0.2) is 0 Å². The molecule has 1 atom stereocenters. The zero-order valence-corrected chi connectivity index (χ0v) is 13.2. The Kier molecular flexibility index (Phi) is 5.73. The zero-order chi connectivity index (χ0) is 14.5. The molecule has 0 fully saturated rings. The molecule has 1 unspecified atom stereocenters. The van der Waals surface area contributed by atoms with Crippen LogP contribution < -0.4 is 10.6 Å². The van der Waals surface area contributed by atoms with Crippen molar-refractivity contribution in [1.29, 1.82) is 0 Å². The van der Waals surface area contributed by atoms with E-state index in [1.807, 2.05) is 51.3 Å². The number of thioether (sulfide) groups is 1. The van der Waals surface area contributed by atoms with Gasteiger partial charge in [-0.1, -0.05) is 6.92 Å². The van der Waals surface area contributed by atoms with Gasteiger partial charge in [0.2, 0.25) is 5.91 Å². The third kappa shape index (κ3) is 5.15. The van der Waals surface area contributed by atoms with Crippen LogP contribution in [-0.2, 0) is 4.79 Å². The average molecular weight is 280 g/mol. The highest BCUT2D eigenvalue weighted by atomic mass is 32.2. The standard InChI is InChI=1S/C15H24N2OS/c1-6-15(3,4)17-14(18)11(2)16-12-7-9-13(19-5)10-8-12/h7-11,16H,6H2,1-5H3,(H,17,18). The highest BCUT2D eigenvalue weighted by Crippen LogP contribution is 2.18. The first kappa shape index (κ1) is 15.9. The van der Waals surface area contributed by atoms with Crippen molar-refractivity contribution in [2.45, 2.75) is 50.6 Å². The van der Waals surface area contributed by atoms with Gasteiger partial charge in [-0.15, -0.1) is 11.8 Å². The predicted octanol–water partition coefficient (Wildman–Crippen LogP) is 3.51. The van der Waals surface area contributed by atoms with Crippen LogP contribution in [0.25, 0.3) is 0 Å². The summed E-state index contributed by atoms with van der Waals surface area (Å²) < 4.78 is 0. The second kappa shape index (κ2) is 6.85. The smallest absolute Gasteiger partial charge is 0.242 e. The quantitative estimate of drug-likeness (QED) is 0.783. The van der Waals surface area contributed by atoms with E-state index in [1.54, 1.807) is 11.8 Å². The van der Waals surface area contributed by atoms with E-state index < -0.39 is 0 Å². The van der Waals surface area contributed by atoms with Crippen molar-refractivity contribution in [1.82, 2.24) is 5.32 Å². The Morgan fingerprint density at radius 1 is 1.32 bits per heavy atom. The summed E-state index contributed by atoms with van der Waals surface area (Å²) >= 11 is 1.71. The second-order valence-corrected chi connectivity index (χ2v) is 6.20. The maximum atomic E-state index is 12.1. The molecule has 0 aliphatic rings. The van der Waals surface area contributed by atoms with E-state index >= 15 is 0 Å². The van der Waals surface area contributed by atoms with Crippen LogP contribution in [0.4, 0.5) is 5.69 Å². The SMILES string of the molecule is CCC(C)(C)NC(=O)C(C)Nc1ccc(SC)cc1. The minimum atomic E-state index is -0.244. The lowest BCUT2D eigenvalue weighted by atomic mass is 10.0. The zero-order valence-electron chi connectivity index (χ0n) is 12.4. The third-order valence-electron chi connectivity index (χ3n) is 3.21. The molecule has 1 aromatic carbocycles. The molecule has 0 radical (unpaired) electrons. The number of nitrogens with one attached hydrogen (secondary N) is 2. The van der Waals surface area contributed by atoms with Crippen LogP contribution in [0.1, 0.15) is 34.1 Å². The number of hydrogen-bond donors (Lipinski definition) is 2. The molecule has 1 amide bonds. The van der Waals surface area contributed by atoms with Crippen molar-refractivity contribution in [2.75, 3.05) is 11.6 Å². The number of benzene rings is 1. The molecule has 1 aromatic rings. The molecule has 0 heterocycles. The summed E-state index contributed by atoms with van der Waals surface area (Å²) in [6.07, 6.45) is 2.96. The van der Waals surface area contributed by atoms with Gasteiger partial charge in [-0.25, -0.2) is 0 Å². The van der Waals surface area contributed by atoms with Gasteiger partial charge in [-0.2, -0.15) is 0 Å². The molecular weight excluding hydrogens is 256 g/mol. The lowest BCUT2D eigenvalue weighted by molar-refractivity contribution is -0.123. The Morgan fingerprint density at radius 2 is 1.89 bits per heavy atom. The van der Waals surface area contributed by atoms with Crippen LogP contribution in [0, 0.1) is 0 Å². The van der Waals surface area contributed by atoms with Crippen molar-refractivity contribution < 1.29 is 4.79 Å². The molecule has 0 saturated heterocycles. The molecule has 0 aliphatic heterocycles. The number of amides is 1. The normalized spacial score (nSPS) is 12.9. The van der Waals surface area contributed by atoms with E-state index in [2.05, 4.69) is 17.6 Å². The molecule has 19 heavy (non-hydrogen) atoms. The summed E-state index contributed by atoms with van der Waals surface area (Å²) in [7, 11) is 0. The van der Waals surface area contributed by atoms with Crippen LogP contribution in [0.15, 0.2) is 29.2 Å². The number of hydrogen-bond acceptors (Lipinski definition) is 3. The van der Waals surface area contributed by atoms with E-state index in [4.69, 9.17) is 0 Å². The molecule has 0 bridgehead atoms. The van der Waals surface area contributed by atoms with E-state index in [0.29, 0.717) is 0 Å². The van der Waals surface area contributed by atoms with Crippen molar-refractivity contribution in [2.24, 2.45) is 0 Å². The molecule has 1 rings (SSSR count). The van der Waals surface area contributed by atoms with Gasteiger partial charge >= 0.3 is 0 Å². The third-order valence-corrected chi connectivity index (χ3v) is 3.96. The fraction of sp³-hybridized carbons (Fsp3) is 0.533. The molecule has 3 nitrogen and oxygen atoms in total. The van der Waals surface area contributed by atoms with Gasteiger partial charge in [-0.05, 0) is 57.7 Å². The molecule has 0 aliphatic carbocycles. The Hall–Kier alpha value is -1.16. The highest BCUT2D eigenvalue weighted by molar-refractivity contribution is 7.98. The van der Waals surface area contributed by atoms with Crippen LogP contribution in [0.2, 0.25) is 0 Å². The van der Waals surface area contributed by atoms with Crippen molar-refractivity contribution in [3.8, 4) is 0 Å². The molecule has 106 valence electrons. The van der Waals surface area contributed by atoms with Crippen molar-refractivity contribution >= 4 is 23.4 Å². The van der Waals surface area contributed by atoms with Crippen molar-refractivity contribution in [3.63, 3.8) is 0 Å². The van der Waals surface area contributed by atoms with Crippen LogP contribution >= 0.6 is 11.8 Å². The second-order valence-electron chi connectivity index (χ2n) is 5.32. The van der Waals surface area contributed by atoms with Gasteiger partial charge in [0.1, 0.15) is 6.04 Å². The van der Waals surface area contributed by atoms with Gasteiger partial charge in [0, 0.05) is 16.1 Å². The Morgan fingerprint density at radius 3 is 2.37 bits per heavy atom. The first-order chi connectivity index (χ1) is 8.88. The first-order valence-electron chi connectivity index (χ1n) is 6.60. The summed E-state index contributed by atoms with van der Waals surface area (Å²) in [5, 5.41) is 6.26. The largest absolute Gasteiger partial charge is 0.374 e. The first-order valence-corrected chi connectivity index (χ1v) is 7.83. The van der Waals surface area contributed by atoms with E-state index in [1.165, 1.54) is 4.90 Å². The number of carbonyl (C=O) groups is 1. The summed E-state index contributed by atoms with van der Waals surface area (Å²) in [5.74, 6) is 0.0285. The fourth-order valence-electron chi connectivity index (χ4n) is 1.53. The fourth-order valence-corrected chi connectivity index (χ4v) is 1.94. The number of rotatable bonds is 6. The molecular formula is C15H24N2OS. The Balaban J connectivity index is 2.58. The van der Waals surface area contributed by atoms with E-state index in [9.17, 15) is 4.79 Å². The number of anilines is 1. The maximum absolute atomic E-state index is 12.1. The summed E-state index contributed by atoms with van der Waals surface area (Å²) in [6.45, 7) is 8.01. The topological polar surface area (TPSA) is 41.1 Å². The highest BCUT2D eigenvalue weighted by Gasteiger charge is 2.21. The van der Waals surface area contributed by atoms with Crippen LogP contribution in [-0.4, -0.2) is 23.7 Å². The molecule has 2 N–H and O–H groups in total. The minimum absolute atomic E-state index is 0.0285. The molecule has 0 spiro atoms. The van der Waals surface area contributed by atoms with Crippen molar-refractivity contribution in [3.05, 3.63) is 24.3 Å². The average Bonchev–Trinajstić information content (AvgIpc) is 2.39. The lowest BCUT2D eigenvalue weighted by Gasteiger charge is -2.27. The summed E-state index contributed by atoms with van der Waals surface area (Å²) in [4.78, 5) is 13.3. The Bertz CT molecular complexity index is 415. The Labute approximate surface area is 120 Å². The molecule has 4 heteroatoms. The van der Waals surface area contributed by atoms with Gasteiger partial charge in [-0.3, -0.25) is 4.79 Å². The molecule has 0 saturated carbocycles. The van der Waals surface area contributed by atoms with Gasteiger partial charge in [0.25, 0.3) is 0 Å². The van der Waals surface area contributed by atoms with Crippen LogP contribution in [0.5, 0.6) is 0 Å². The van der Waals surface area contributed by atoms with E-state index in [0.717, 1.165) is 12.1 Å². The van der Waals surface area contributed by atoms with Gasteiger partial charge < -0.3 is 10.6 Å². The summed E-state index contributed by atoms with van der Waals surface area (Å²) in [6, 6.07) is 7.86. The van der Waals surface area contributed by atoms with E-state index in [-0.39, 0.29) is 17.5 Å². The predicted molar refractivity (Wildman–Crippen MR) is 83.8 cm³/mol. The van der Waals surface area contributed by atoms with Crippen LogP contribution in [0.3, 0.4) is 0 Å². The maximum Gasteiger partial charge on any atom is 0.242 e. The summed E-state index contributed by atoms with van der Waals surface area (Å²) in [5.41, 5.74) is 0.810. The minimum Gasteiger partial charge on any atom is -0.374 e. The monoisotopic (exact) mass is 280 g/mol. The number of carbonyl (C=O) groups excluding carboxylic acids is 1. The molecule has 0 aromatic heterocycles. The van der Waals surface area contributed by atoms with Gasteiger partial charge in [0.05, 0.1) is 0 Å².